The van der Waals surface area contributed by atoms with Crippen LogP contribution in [0, 0.1) is 27.7 Å². The van der Waals surface area contributed by atoms with Gasteiger partial charge in [-0.25, -0.2) is 9.48 Å². The molecule has 2 nitrogen and oxygen atoms in total. The van der Waals surface area contributed by atoms with Crippen molar-refractivity contribution < 1.29 is 4.58 Å². The largest absolute Gasteiger partial charge is 0.245 e. The molecule has 0 radical (unpaired) electrons. The summed E-state index contributed by atoms with van der Waals surface area (Å²) in [6, 6.07) is 58.1. The molecule has 1 heterocycles. The van der Waals surface area contributed by atoms with Crippen molar-refractivity contribution in [1.29, 1.82) is 0 Å². The van der Waals surface area contributed by atoms with Crippen molar-refractivity contribution in [3.05, 3.63) is 213 Å². The van der Waals surface area contributed by atoms with Crippen molar-refractivity contribution in [1.82, 2.24) is 4.90 Å². The van der Waals surface area contributed by atoms with Crippen LogP contribution in [-0.4, -0.2) is 15.8 Å². The standard InChI is InChI=1S/C45H43N2/c1-32-19-11-15-27-38(32)44(39-28-16-12-20-33(39)2)46-31-47(43(37-25-9-6-10-26-37)42(46)36-23-7-5-8-24-36)45(40-29-17-13-21-34(40)3)41-30-18-14-22-35(41)4/h5-31,42-45H,1-4H3/q+1. The Kier molecular flexibility index (Phi) is 8.59. The highest BCUT2D eigenvalue weighted by atomic mass is 15.3. The molecular formula is C45H43N2+. The highest BCUT2D eigenvalue weighted by Gasteiger charge is 2.50. The summed E-state index contributed by atoms with van der Waals surface area (Å²) in [6.07, 6.45) is 2.47. The van der Waals surface area contributed by atoms with E-state index in [0.29, 0.717) is 0 Å². The average Bonchev–Trinajstić information content (AvgIpc) is 3.49. The first-order valence-corrected chi connectivity index (χ1v) is 16.7. The van der Waals surface area contributed by atoms with Gasteiger partial charge in [-0.2, -0.15) is 0 Å². The molecule has 1 aliphatic heterocycles. The number of hydrogen-bond acceptors (Lipinski definition) is 1. The molecular weight excluding hydrogens is 569 g/mol. The Morgan fingerprint density at radius 2 is 0.787 bits per heavy atom. The summed E-state index contributed by atoms with van der Waals surface area (Å²) in [5.74, 6) is 0. The van der Waals surface area contributed by atoms with E-state index < -0.39 is 0 Å². The maximum Gasteiger partial charge on any atom is 0.237 e. The molecule has 47 heavy (non-hydrogen) atoms. The first-order valence-electron chi connectivity index (χ1n) is 16.7. The Bertz CT molecular complexity index is 1920. The lowest BCUT2D eigenvalue weighted by molar-refractivity contribution is -0.596. The van der Waals surface area contributed by atoms with Crippen molar-refractivity contribution in [3.63, 3.8) is 0 Å². The molecule has 0 amide bonds. The van der Waals surface area contributed by atoms with E-state index in [4.69, 9.17) is 0 Å². The zero-order chi connectivity index (χ0) is 32.3. The Morgan fingerprint density at radius 1 is 0.426 bits per heavy atom. The molecule has 0 N–H and O–H groups in total. The fraction of sp³-hybridized carbons (Fsp3) is 0.178. The fourth-order valence-electron chi connectivity index (χ4n) is 7.64. The molecule has 2 atom stereocenters. The van der Waals surface area contributed by atoms with Crippen LogP contribution in [0.15, 0.2) is 158 Å². The first-order chi connectivity index (χ1) is 23.0. The van der Waals surface area contributed by atoms with Crippen LogP contribution in [0.2, 0.25) is 0 Å². The van der Waals surface area contributed by atoms with E-state index in [1.165, 1.54) is 55.6 Å². The Balaban J connectivity index is 1.57. The van der Waals surface area contributed by atoms with Gasteiger partial charge >= 0.3 is 0 Å². The van der Waals surface area contributed by atoms with Crippen molar-refractivity contribution in [2.75, 3.05) is 0 Å². The quantitative estimate of drug-likeness (QED) is 0.155. The van der Waals surface area contributed by atoms with Gasteiger partial charge in [0.05, 0.1) is 0 Å². The van der Waals surface area contributed by atoms with Crippen LogP contribution in [-0.2, 0) is 0 Å². The lowest BCUT2D eigenvalue weighted by Crippen LogP contribution is -2.32. The number of nitrogens with zero attached hydrogens (tertiary/aromatic N) is 2. The minimum absolute atomic E-state index is 0.00760. The highest BCUT2D eigenvalue weighted by Crippen LogP contribution is 2.50. The van der Waals surface area contributed by atoms with Gasteiger partial charge in [0.15, 0.2) is 12.1 Å². The second kappa shape index (κ2) is 13.3. The molecule has 6 aromatic carbocycles. The summed E-state index contributed by atoms with van der Waals surface area (Å²) < 4.78 is 2.67. The van der Waals surface area contributed by atoms with E-state index in [1.807, 2.05) is 0 Å². The SMILES string of the molecule is Cc1ccccc1C(c1ccccc1C)N1C=[N+](C(c2ccccc2C)c2ccccc2C)C(c2ccccc2)C1c1ccccc1. The lowest BCUT2D eigenvalue weighted by Gasteiger charge is -2.32. The van der Waals surface area contributed by atoms with Crippen LogP contribution in [0.3, 0.4) is 0 Å². The van der Waals surface area contributed by atoms with Gasteiger partial charge in [-0.15, -0.1) is 0 Å². The van der Waals surface area contributed by atoms with Crippen molar-refractivity contribution in [2.45, 2.75) is 51.9 Å². The minimum Gasteiger partial charge on any atom is -0.245 e. The topological polar surface area (TPSA) is 6.25 Å². The smallest absolute Gasteiger partial charge is 0.237 e. The maximum atomic E-state index is 2.67. The molecule has 2 unspecified atom stereocenters. The highest BCUT2D eigenvalue weighted by molar-refractivity contribution is 5.60. The third-order valence-corrected chi connectivity index (χ3v) is 10.0. The van der Waals surface area contributed by atoms with Gasteiger partial charge in [-0.3, -0.25) is 0 Å². The Labute approximate surface area is 280 Å². The van der Waals surface area contributed by atoms with Crippen molar-refractivity contribution >= 4 is 6.34 Å². The summed E-state index contributed by atoms with van der Waals surface area (Å²) in [7, 11) is 0. The fourth-order valence-corrected chi connectivity index (χ4v) is 7.64. The Hall–Kier alpha value is -5.21. The maximum absolute atomic E-state index is 2.67. The van der Waals surface area contributed by atoms with E-state index in [2.05, 4.69) is 201 Å². The van der Waals surface area contributed by atoms with Crippen LogP contribution in [0.5, 0.6) is 0 Å². The van der Waals surface area contributed by atoms with E-state index in [-0.39, 0.29) is 24.2 Å². The molecule has 0 spiro atoms. The molecule has 0 saturated carbocycles. The van der Waals surface area contributed by atoms with Crippen LogP contribution < -0.4 is 0 Å². The number of rotatable bonds is 8. The number of aryl methyl sites for hydroxylation is 4. The van der Waals surface area contributed by atoms with Crippen molar-refractivity contribution in [3.8, 4) is 0 Å². The predicted octanol–water partition coefficient (Wildman–Crippen LogP) is 10.6. The molecule has 0 bridgehead atoms. The number of benzene rings is 6. The molecule has 1 aliphatic rings. The van der Waals surface area contributed by atoms with Crippen LogP contribution >= 0.6 is 0 Å². The van der Waals surface area contributed by atoms with Gasteiger partial charge in [0.1, 0.15) is 12.1 Å². The number of hydrogen-bond donors (Lipinski definition) is 0. The molecule has 0 fully saturated rings. The molecule has 6 aromatic rings. The minimum atomic E-state index is 0.00760. The predicted molar refractivity (Wildman–Crippen MR) is 195 cm³/mol. The monoisotopic (exact) mass is 611 g/mol. The molecule has 7 rings (SSSR count). The van der Waals surface area contributed by atoms with E-state index >= 15 is 0 Å². The lowest BCUT2D eigenvalue weighted by atomic mass is 9.86. The second-order valence-corrected chi connectivity index (χ2v) is 13.0. The summed E-state index contributed by atoms with van der Waals surface area (Å²) in [6.45, 7) is 9.02. The van der Waals surface area contributed by atoms with Crippen LogP contribution in [0.4, 0.5) is 0 Å². The van der Waals surface area contributed by atoms with E-state index in [9.17, 15) is 0 Å². The zero-order valence-corrected chi connectivity index (χ0v) is 27.8. The van der Waals surface area contributed by atoms with Gasteiger partial charge in [0.2, 0.25) is 6.34 Å². The van der Waals surface area contributed by atoms with Crippen molar-refractivity contribution in [2.24, 2.45) is 0 Å². The Morgan fingerprint density at radius 3 is 1.21 bits per heavy atom. The molecule has 0 saturated heterocycles. The third-order valence-electron chi connectivity index (χ3n) is 10.0. The summed E-state index contributed by atoms with van der Waals surface area (Å²) in [4.78, 5) is 2.67. The molecule has 0 aromatic heterocycles. The molecule has 0 aliphatic carbocycles. The molecule has 2 heteroatoms. The van der Waals surface area contributed by atoms with Gasteiger partial charge in [-0.1, -0.05) is 158 Å². The van der Waals surface area contributed by atoms with E-state index in [1.54, 1.807) is 0 Å². The van der Waals surface area contributed by atoms with Gasteiger partial charge in [0.25, 0.3) is 0 Å². The summed E-state index contributed by atoms with van der Waals surface area (Å²) in [5, 5.41) is 0. The molecule has 232 valence electrons. The average molecular weight is 612 g/mol. The van der Waals surface area contributed by atoms with Gasteiger partial charge < -0.3 is 0 Å². The zero-order valence-electron chi connectivity index (χ0n) is 27.8. The summed E-state index contributed by atoms with van der Waals surface area (Å²) >= 11 is 0. The van der Waals surface area contributed by atoms with Gasteiger partial charge in [0, 0.05) is 33.4 Å². The third kappa shape index (κ3) is 5.81. The van der Waals surface area contributed by atoms with E-state index in [0.717, 1.165) is 0 Å². The normalized spacial score (nSPS) is 16.1. The van der Waals surface area contributed by atoms with Crippen LogP contribution in [0.25, 0.3) is 0 Å². The van der Waals surface area contributed by atoms with Gasteiger partial charge in [-0.05, 0) is 49.9 Å². The van der Waals surface area contributed by atoms with Crippen LogP contribution in [0.1, 0.15) is 79.8 Å². The second-order valence-electron chi connectivity index (χ2n) is 13.0. The summed E-state index contributed by atoms with van der Waals surface area (Å²) in [5.41, 5.74) is 13.1. The first kappa shape index (κ1) is 30.4.